The largest absolute Gasteiger partial charge is 0.391 e. The monoisotopic (exact) mass is 302 g/mol. The highest BCUT2D eigenvalue weighted by Crippen LogP contribution is 2.38. The molecule has 20 heavy (non-hydrogen) atoms. The number of nitrogens with zero attached hydrogens (tertiary/aromatic N) is 1. The number of alkyl halides is 3. The lowest BCUT2D eigenvalue weighted by molar-refractivity contribution is -0.182. The molecule has 1 aliphatic rings. The summed E-state index contributed by atoms with van der Waals surface area (Å²) in [7, 11) is 0. The summed E-state index contributed by atoms with van der Waals surface area (Å²) >= 11 is 5.82. The first kappa shape index (κ1) is 15.0. The normalized spacial score (nSPS) is 23.1. The lowest BCUT2D eigenvalue weighted by Crippen LogP contribution is -2.34. The van der Waals surface area contributed by atoms with Gasteiger partial charge in [0.05, 0.1) is 16.5 Å². The molecule has 0 radical (unpaired) electrons. The Kier molecular flexibility index (Phi) is 4.44. The molecule has 2 unspecified atom stereocenters. The highest BCUT2D eigenvalue weighted by Gasteiger charge is 2.42. The van der Waals surface area contributed by atoms with Gasteiger partial charge in [-0.15, -0.1) is 0 Å². The van der Waals surface area contributed by atoms with Gasteiger partial charge in [-0.3, -0.25) is 0 Å². The van der Waals surface area contributed by atoms with Crippen LogP contribution < -0.4 is 5.32 Å². The fraction of sp³-hybridized carbons (Fsp3) is 0.500. The average Bonchev–Trinajstić information content (AvgIpc) is 2.40. The molecule has 1 aromatic carbocycles. The van der Waals surface area contributed by atoms with Crippen LogP contribution in [0.3, 0.4) is 0 Å². The third kappa shape index (κ3) is 3.57. The Balaban J connectivity index is 2.05. The number of halogens is 4. The van der Waals surface area contributed by atoms with Crippen molar-refractivity contribution in [1.29, 1.82) is 5.26 Å². The van der Waals surface area contributed by atoms with Crippen LogP contribution >= 0.6 is 11.6 Å². The molecule has 1 saturated carbocycles. The van der Waals surface area contributed by atoms with Crippen LogP contribution in [0.4, 0.5) is 18.9 Å². The van der Waals surface area contributed by atoms with E-state index in [-0.39, 0.29) is 18.9 Å². The van der Waals surface area contributed by atoms with Gasteiger partial charge >= 0.3 is 6.18 Å². The Morgan fingerprint density at radius 1 is 1.30 bits per heavy atom. The predicted molar refractivity (Wildman–Crippen MR) is 71.6 cm³/mol. The SMILES string of the molecule is N#Cc1cc(NC2CCCC(C(F)(F)F)C2)ccc1Cl. The number of hydrogen-bond acceptors (Lipinski definition) is 2. The number of rotatable bonds is 2. The first-order valence-electron chi connectivity index (χ1n) is 6.43. The van der Waals surface area contributed by atoms with Crippen molar-refractivity contribution >= 4 is 17.3 Å². The van der Waals surface area contributed by atoms with E-state index in [0.29, 0.717) is 29.1 Å². The smallest absolute Gasteiger partial charge is 0.382 e. The minimum atomic E-state index is -4.13. The summed E-state index contributed by atoms with van der Waals surface area (Å²) in [6, 6.07) is 6.56. The van der Waals surface area contributed by atoms with E-state index in [1.54, 1.807) is 18.2 Å². The van der Waals surface area contributed by atoms with Gasteiger partial charge in [0, 0.05) is 11.7 Å². The van der Waals surface area contributed by atoms with Crippen LogP contribution in [0.5, 0.6) is 0 Å². The van der Waals surface area contributed by atoms with Crippen molar-refractivity contribution in [1.82, 2.24) is 0 Å². The van der Waals surface area contributed by atoms with Crippen LogP contribution in [0.1, 0.15) is 31.2 Å². The molecule has 0 bridgehead atoms. The molecule has 1 N–H and O–H groups in total. The molecule has 108 valence electrons. The van der Waals surface area contributed by atoms with Gasteiger partial charge in [0.15, 0.2) is 0 Å². The summed E-state index contributed by atoms with van der Waals surface area (Å²) in [6.45, 7) is 0. The van der Waals surface area contributed by atoms with Crippen molar-refractivity contribution in [3.63, 3.8) is 0 Å². The summed E-state index contributed by atoms with van der Waals surface area (Å²) in [6.07, 6.45) is -2.59. The van der Waals surface area contributed by atoms with Gasteiger partial charge < -0.3 is 5.32 Å². The zero-order valence-corrected chi connectivity index (χ0v) is 11.4. The van der Waals surface area contributed by atoms with Crippen LogP contribution in [-0.4, -0.2) is 12.2 Å². The number of anilines is 1. The Labute approximate surface area is 120 Å². The summed E-state index contributed by atoms with van der Waals surface area (Å²) in [5.41, 5.74) is 0.957. The number of nitrogens with one attached hydrogen (secondary N) is 1. The molecule has 1 fully saturated rings. The van der Waals surface area contributed by atoms with Crippen molar-refractivity contribution in [2.24, 2.45) is 5.92 Å². The summed E-state index contributed by atoms with van der Waals surface area (Å²) in [5.74, 6) is -1.24. The van der Waals surface area contributed by atoms with Crippen molar-refractivity contribution in [2.45, 2.75) is 37.9 Å². The minimum Gasteiger partial charge on any atom is -0.382 e. The highest BCUT2D eigenvalue weighted by atomic mass is 35.5. The van der Waals surface area contributed by atoms with Crippen LogP contribution in [0, 0.1) is 17.2 Å². The van der Waals surface area contributed by atoms with Crippen LogP contribution in [-0.2, 0) is 0 Å². The molecule has 0 spiro atoms. The molecular weight excluding hydrogens is 289 g/mol. The summed E-state index contributed by atoms with van der Waals surface area (Å²) in [4.78, 5) is 0. The molecule has 1 aliphatic carbocycles. The second-order valence-corrected chi connectivity index (χ2v) is 5.46. The molecule has 0 saturated heterocycles. The van der Waals surface area contributed by atoms with Gasteiger partial charge in [-0.1, -0.05) is 18.0 Å². The molecule has 6 heteroatoms. The van der Waals surface area contributed by atoms with E-state index in [0.717, 1.165) is 0 Å². The highest BCUT2D eigenvalue weighted by molar-refractivity contribution is 6.31. The molecular formula is C14H14ClF3N2. The number of nitriles is 1. The standard InChI is InChI=1S/C14H14ClF3N2/c15-13-5-4-12(6-9(13)8-19)20-11-3-1-2-10(7-11)14(16,17)18/h4-6,10-11,20H,1-3,7H2. The average molecular weight is 303 g/mol. The predicted octanol–water partition coefficient (Wildman–Crippen LogP) is 4.74. The van der Waals surface area contributed by atoms with E-state index in [4.69, 9.17) is 16.9 Å². The summed E-state index contributed by atoms with van der Waals surface area (Å²) in [5, 5.41) is 12.3. The molecule has 0 aromatic heterocycles. The molecule has 2 atom stereocenters. The topological polar surface area (TPSA) is 35.8 Å². The maximum Gasteiger partial charge on any atom is 0.391 e. The van der Waals surface area contributed by atoms with Gasteiger partial charge in [0.1, 0.15) is 6.07 Å². The van der Waals surface area contributed by atoms with Gasteiger partial charge in [-0.05, 0) is 37.5 Å². The third-order valence-electron chi connectivity index (χ3n) is 3.59. The van der Waals surface area contributed by atoms with Crippen molar-refractivity contribution in [3.05, 3.63) is 28.8 Å². The van der Waals surface area contributed by atoms with E-state index in [1.165, 1.54) is 0 Å². The first-order valence-corrected chi connectivity index (χ1v) is 6.81. The maximum atomic E-state index is 12.7. The zero-order chi connectivity index (χ0) is 14.8. The van der Waals surface area contributed by atoms with E-state index in [1.807, 2.05) is 6.07 Å². The van der Waals surface area contributed by atoms with Crippen molar-refractivity contribution < 1.29 is 13.2 Å². The number of benzene rings is 1. The Bertz CT molecular complexity index is 522. The molecule has 1 aromatic rings. The Morgan fingerprint density at radius 3 is 2.70 bits per heavy atom. The fourth-order valence-corrected chi connectivity index (χ4v) is 2.71. The molecule has 0 amide bonds. The lowest BCUT2D eigenvalue weighted by Gasteiger charge is -2.31. The van der Waals surface area contributed by atoms with E-state index in [9.17, 15) is 13.2 Å². The molecule has 2 rings (SSSR count). The van der Waals surface area contributed by atoms with Gasteiger partial charge in [-0.2, -0.15) is 18.4 Å². The molecule has 2 nitrogen and oxygen atoms in total. The molecule has 0 heterocycles. The van der Waals surface area contributed by atoms with E-state index >= 15 is 0 Å². The fourth-order valence-electron chi connectivity index (χ4n) is 2.55. The number of hydrogen-bond donors (Lipinski definition) is 1. The van der Waals surface area contributed by atoms with Crippen LogP contribution in [0.15, 0.2) is 18.2 Å². The van der Waals surface area contributed by atoms with Gasteiger partial charge in [-0.25, -0.2) is 0 Å². The molecule has 0 aliphatic heterocycles. The van der Waals surface area contributed by atoms with Crippen molar-refractivity contribution in [3.8, 4) is 6.07 Å². The lowest BCUT2D eigenvalue weighted by atomic mass is 9.85. The van der Waals surface area contributed by atoms with E-state index < -0.39 is 12.1 Å². The van der Waals surface area contributed by atoms with E-state index in [2.05, 4.69) is 5.32 Å². The first-order chi connectivity index (χ1) is 9.40. The minimum absolute atomic E-state index is 0.0774. The second kappa shape index (κ2) is 5.92. The quantitative estimate of drug-likeness (QED) is 0.856. The maximum absolute atomic E-state index is 12.7. The summed E-state index contributed by atoms with van der Waals surface area (Å²) < 4.78 is 38.2. The second-order valence-electron chi connectivity index (χ2n) is 5.05. The van der Waals surface area contributed by atoms with Crippen LogP contribution in [0.2, 0.25) is 5.02 Å². The van der Waals surface area contributed by atoms with Crippen molar-refractivity contribution in [2.75, 3.05) is 5.32 Å². The van der Waals surface area contributed by atoms with Gasteiger partial charge in [0.2, 0.25) is 0 Å². The third-order valence-corrected chi connectivity index (χ3v) is 3.92. The van der Waals surface area contributed by atoms with Crippen LogP contribution in [0.25, 0.3) is 0 Å². The Morgan fingerprint density at radius 2 is 2.05 bits per heavy atom. The zero-order valence-electron chi connectivity index (χ0n) is 10.7. The van der Waals surface area contributed by atoms with Gasteiger partial charge in [0.25, 0.3) is 0 Å². The Hall–Kier alpha value is -1.41.